The van der Waals surface area contributed by atoms with Gasteiger partial charge in [-0.3, -0.25) is 24.3 Å². The molecule has 0 saturated heterocycles. The maximum absolute atomic E-state index is 12.5. The zero-order valence-corrected chi connectivity index (χ0v) is 14.8. The van der Waals surface area contributed by atoms with Crippen molar-refractivity contribution in [2.45, 2.75) is 45.7 Å². The molecule has 1 amide bonds. The van der Waals surface area contributed by atoms with Crippen LogP contribution in [-0.4, -0.2) is 26.4 Å². The molecule has 1 heterocycles. The molecular formula is C18H22N4O4. The Labute approximate surface area is 150 Å². The first-order valence-corrected chi connectivity index (χ1v) is 8.79. The molecular weight excluding hydrogens is 336 g/mol. The first kappa shape index (κ1) is 18.0. The minimum atomic E-state index is -0.535. The van der Waals surface area contributed by atoms with Crippen LogP contribution in [0.1, 0.15) is 33.1 Å². The van der Waals surface area contributed by atoms with Crippen LogP contribution in [0.15, 0.2) is 29.3 Å². The molecule has 1 N–H and O–H groups in total. The van der Waals surface area contributed by atoms with E-state index in [1.54, 1.807) is 0 Å². The highest BCUT2D eigenvalue weighted by atomic mass is 16.6. The lowest BCUT2D eigenvalue weighted by atomic mass is 9.78. The molecule has 1 aromatic carbocycles. The maximum Gasteiger partial charge on any atom is 0.271 e. The molecule has 0 radical (unpaired) electrons. The minimum absolute atomic E-state index is 0.115. The summed E-state index contributed by atoms with van der Waals surface area (Å²) in [4.78, 5) is 39.3. The molecule has 0 aliphatic heterocycles. The van der Waals surface area contributed by atoms with Crippen molar-refractivity contribution in [3.8, 4) is 0 Å². The third kappa shape index (κ3) is 3.58. The molecule has 3 rings (SSSR count). The van der Waals surface area contributed by atoms with E-state index < -0.39 is 4.92 Å². The van der Waals surface area contributed by atoms with E-state index in [2.05, 4.69) is 24.1 Å². The Morgan fingerprint density at radius 3 is 2.88 bits per heavy atom. The topological polar surface area (TPSA) is 107 Å². The van der Waals surface area contributed by atoms with Crippen LogP contribution in [0.25, 0.3) is 10.9 Å². The van der Waals surface area contributed by atoms with Gasteiger partial charge in [-0.15, -0.1) is 0 Å². The van der Waals surface area contributed by atoms with Gasteiger partial charge in [0, 0.05) is 18.2 Å². The number of aromatic nitrogens is 2. The van der Waals surface area contributed by atoms with E-state index in [1.165, 1.54) is 35.5 Å². The van der Waals surface area contributed by atoms with Gasteiger partial charge in [-0.05, 0) is 24.3 Å². The molecule has 2 aromatic rings. The Balaban J connectivity index is 1.77. The van der Waals surface area contributed by atoms with Crippen LogP contribution >= 0.6 is 0 Å². The van der Waals surface area contributed by atoms with Crippen molar-refractivity contribution in [3.05, 3.63) is 45.0 Å². The van der Waals surface area contributed by atoms with Crippen LogP contribution < -0.4 is 10.9 Å². The van der Waals surface area contributed by atoms with Crippen LogP contribution in [-0.2, 0) is 11.3 Å². The SMILES string of the molecule is CC1CCCC(NC(=O)Cn2cnc3cc([N+](=O)[O-])ccc3c2=O)C1C. The van der Waals surface area contributed by atoms with Gasteiger partial charge in [-0.2, -0.15) is 0 Å². The number of nitrogens with zero attached hydrogens (tertiary/aromatic N) is 3. The van der Waals surface area contributed by atoms with Gasteiger partial charge in [0.25, 0.3) is 11.2 Å². The standard InChI is InChI=1S/C18H22N4O4/c1-11-4-3-5-15(12(11)2)20-17(23)9-21-10-19-16-8-13(22(25)26)6-7-14(16)18(21)24/h6-8,10-12,15H,3-5,9H2,1-2H3,(H,20,23). The van der Waals surface area contributed by atoms with Gasteiger partial charge in [-0.1, -0.05) is 26.7 Å². The third-order valence-electron chi connectivity index (χ3n) is 5.39. The number of rotatable bonds is 4. The molecule has 0 spiro atoms. The Hall–Kier alpha value is -2.77. The summed E-state index contributed by atoms with van der Waals surface area (Å²) in [5.41, 5.74) is -0.263. The molecule has 1 aromatic heterocycles. The fourth-order valence-corrected chi connectivity index (χ4v) is 3.57. The van der Waals surface area contributed by atoms with E-state index in [0.717, 1.165) is 12.8 Å². The summed E-state index contributed by atoms with van der Waals surface area (Å²) in [5.74, 6) is 0.746. The third-order valence-corrected chi connectivity index (χ3v) is 5.39. The summed E-state index contributed by atoms with van der Waals surface area (Å²) in [6.07, 6.45) is 4.48. The number of nitro groups is 1. The van der Waals surface area contributed by atoms with Crippen molar-refractivity contribution in [3.63, 3.8) is 0 Å². The molecule has 1 saturated carbocycles. The quantitative estimate of drug-likeness (QED) is 0.666. The molecule has 138 valence electrons. The average molecular weight is 358 g/mol. The van der Waals surface area contributed by atoms with Gasteiger partial charge in [-0.25, -0.2) is 4.98 Å². The Morgan fingerprint density at radius 2 is 2.15 bits per heavy atom. The van der Waals surface area contributed by atoms with E-state index in [1.807, 2.05) is 0 Å². The first-order valence-electron chi connectivity index (χ1n) is 8.79. The van der Waals surface area contributed by atoms with E-state index in [9.17, 15) is 19.7 Å². The lowest BCUT2D eigenvalue weighted by Crippen LogP contribution is -2.45. The number of benzene rings is 1. The normalized spacial score (nSPS) is 22.9. The molecule has 1 aliphatic carbocycles. The van der Waals surface area contributed by atoms with Crippen LogP contribution in [0.3, 0.4) is 0 Å². The van der Waals surface area contributed by atoms with Crippen molar-refractivity contribution in [1.29, 1.82) is 0 Å². The lowest BCUT2D eigenvalue weighted by Gasteiger charge is -2.34. The van der Waals surface area contributed by atoms with Gasteiger partial charge < -0.3 is 5.32 Å². The van der Waals surface area contributed by atoms with E-state index in [4.69, 9.17) is 0 Å². The fraction of sp³-hybridized carbons (Fsp3) is 0.500. The summed E-state index contributed by atoms with van der Waals surface area (Å²) in [7, 11) is 0. The molecule has 8 heteroatoms. The number of non-ortho nitro benzene ring substituents is 1. The Kier molecular flexibility index (Phi) is 5.01. The number of nitro benzene ring substituents is 1. The second-order valence-corrected chi connectivity index (χ2v) is 7.08. The molecule has 0 bridgehead atoms. The first-order chi connectivity index (χ1) is 12.4. The number of carbonyl (C=O) groups is 1. The van der Waals surface area contributed by atoms with Crippen LogP contribution in [0.4, 0.5) is 5.69 Å². The fourth-order valence-electron chi connectivity index (χ4n) is 3.57. The number of hydrogen-bond acceptors (Lipinski definition) is 5. The van der Waals surface area contributed by atoms with Crippen molar-refractivity contribution in [2.24, 2.45) is 11.8 Å². The predicted octanol–water partition coefficient (Wildman–Crippen LogP) is 2.25. The van der Waals surface area contributed by atoms with Crippen molar-refractivity contribution in [2.75, 3.05) is 0 Å². The van der Waals surface area contributed by atoms with E-state index in [0.29, 0.717) is 11.8 Å². The maximum atomic E-state index is 12.5. The largest absolute Gasteiger partial charge is 0.352 e. The molecule has 3 atom stereocenters. The van der Waals surface area contributed by atoms with Crippen molar-refractivity contribution in [1.82, 2.24) is 14.9 Å². The van der Waals surface area contributed by atoms with Gasteiger partial charge in [0.2, 0.25) is 5.91 Å². The van der Waals surface area contributed by atoms with Crippen molar-refractivity contribution < 1.29 is 9.72 Å². The minimum Gasteiger partial charge on any atom is -0.352 e. The number of nitrogens with one attached hydrogen (secondary N) is 1. The summed E-state index contributed by atoms with van der Waals surface area (Å²) in [6, 6.07) is 4.02. The zero-order valence-electron chi connectivity index (χ0n) is 14.8. The van der Waals surface area contributed by atoms with Gasteiger partial charge in [0.15, 0.2) is 0 Å². The number of amides is 1. The summed E-state index contributed by atoms with van der Waals surface area (Å²) < 4.78 is 1.24. The Morgan fingerprint density at radius 1 is 1.38 bits per heavy atom. The molecule has 26 heavy (non-hydrogen) atoms. The highest BCUT2D eigenvalue weighted by Crippen LogP contribution is 2.29. The Bertz CT molecular complexity index is 908. The lowest BCUT2D eigenvalue weighted by molar-refractivity contribution is -0.384. The van der Waals surface area contributed by atoms with E-state index in [-0.39, 0.29) is 40.6 Å². The molecule has 1 fully saturated rings. The predicted molar refractivity (Wildman–Crippen MR) is 96.8 cm³/mol. The average Bonchev–Trinajstić information content (AvgIpc) is 2.61. The van der Waals surface area contributed by atoms with Crippen molar-refractivity contribution >= 4 is 22.5 Å². The highest BCUT2D eigenvalue weighted by molar-refractivity contribution is 5.80. The number of hydrogen-bond donors (Lipinski definition) is 1. The number of fused-ring (bicyclic) bond motifs is 1. The van der Waals surface area contributed by atoms with Crippen LogP contribution in [0.5, 0.6) is 0 Å². The molecule has 3 unspecified atom stereocenters. The zero-order chi connectivity index (χ0) is 18.8. The number of carbonyl (C=O) groups excluding carboxylic acids is 1. The monoisotopic (exact) mass is 358 g/mol. The van der Waals surface area contributed by atoms with Gasteiger partial charge in [0.1, 0.15) is 6.54 Å². The smallest absolute Gasteiger partial charge is 0.271 e. The van der Waals surface area contributed by atoms with Gasteiger partial charge >= 0.3 is 0 Å². The summed E-state index contributed by atoms with van der Waals surface area (Å²) in [5, 5.41) is 14.1. The van der Waals surface area contributed by atoms with Crippen LogP contribution in [0.2, 0.25) is 0 Å². The molecule has 1 aliphatic rings. The second-order valence-electron chi connectivity index (χ2n) is 7.08. The van der Waals surface area contributed by atoms with Crippen LogP contribution in [0, 0.1) is 22.0 Å². The highest BCUT2D eigenvalue weighted by Gasteiger charge is 2.28. The molecule has 8 nitrogen and oxygen atoms in total. The summed E-state index contributed by atoms with van der Waals surface area (Å²) >= 11 is 0. The second kappa shape index (κ2) is 7.23. The van der Waals surface area contributed by atoms with E-state index >= 15 is 0 Å². The van der Waals surface area contributed by atoms with Gasteiger partial charge in [0.05, 0.1) is 22.2 Å². The summed E-state index contributed by atoms with van der Waals surface area (Å²) in [6.45, 7) is 4.22.